The third-order valence-corrected chi connectivity index (χ3v) is 3.88. The van der Waals surface area contributed by atoms with E-state index in [0.717, 1.165) is 16.9 Å². The molecule has 0 radical (unpaired) electrons. The summed E-state index contributed by atoms with van der Waals surface area (Å²) in [5, 5.41) is 2.88. The van der Waals surface area contributed by atoms with Crippen LogP contribution in [0.25, 0.3) is 0 Å². The molecule has 0 saturated heterocycles. The molecule has 0 fully saturated rings. The molecule has 6 heteroatoms. The molecule has 2 aromatic rings. The summed E-state index contributed by atoms with van der Waals surface area (Å²) in [4.78, 5) is 12.4. The summed E-state index contributed by atoms with van der Waals surface area (Å²) < 4.78 is 21.1. The van der Waals surface area contributed by atoms with Crippen molar-refractivity contribution < 1.29 is 23.7 Å². The van der Waals surface area contributed by atoms with Crippen LogP contribution in [0, 0.1) is 6.92 Å². The lowest BCUT2D eigenvalue weighted by atomic mass is 10.1. The number of nitrogens with one attached hydrogen (secondary N) is 1. The zero-order valence-electron chi connectivity index (χ0n) is 15.1. The largest absolute Gasteiger partial charge is 0.496 e. The highest BCUT2D eigenvalue weighted by Crippen LogP contribution is 2.29. The molecule has 0 heterocycles. The molecule has 0 aliphatic rings. The number of benzene rings is 2. The lowest BCUT2D eigenvalue weighted by molar-refractivity contribution is 0.0950. The summed E-state index contributed by atoms with van der Waals surface area (Å²) in [5.74, 6) is 2.30. The molecule has 25 heavy (non-hydrogen) atoms. The van der Waals surface area contributed by atoms with Gasteiger partial charge in [0.05, 0.1) is 28.4 Å². The molecule has 2 aromatic carbocycles. The maximum absolute atomic E-state index is 12.4. The van der Waals surface area contributed by atoms with Gasteiger partial charge in [0.2, 0.25) is 0 Å². The first-order valence-corrected chi connectivity index (χ1v) is 7.75. The van der Waals surface area contributed by atoms with Gasteiger partial charge in [-0.3, -0.25) is 4.79 Å². The molecule has 134 valence electrons. The van der Waals surface area contributed by atoms with E-state index in [4.69, 9.17) is 18.9 Å². The number of hydrogen-bond acceptors (Lipinski definition) is 5. The average molecular weight is 345 g/mol. The Morgan fingerprint density at radius 2 is 1.48 bits per heavy atom. The number of methoxy groups -OCH3 is 4. The first-order chi connectivity index (χ1) is 12.0. The zero-order chi connectivity index (χ0) is 18.4. The highest BCUT2D eigenvalue weighted by Gasteiger charge is 2.13. The van der Waals surface area contributed by atoms with Gasteiger partial charge in [-0.05, 0) is 42.8 Å². The van der Waals surface area contributed by atoms with Gasteiger partial charge < -0.3 is 24.3 Å². The Hall–Kier alpha value is -2.89. The second-order valence-corrected chi connectivity index (χ2v) is 5.39. The summed E-state index contributed by atoms with van der Waals surface area (Å²) in [6.07, 6.45) is 0. The van der Waals surface area contributed by atoms with Crippen molar-refractivity contribution in [2.75, 3.05) is 28.4 Å². The van der Waals surface area contributed by atoms with Crippen LogP contribution in [0.4, 0.5) is 0 Å². The average Bonchev–Trinajstić information content (AvgIpc) is 2.65. The third-order valence-electron chi connectivity index (χ3n) is 3.88. The van der Waals surface area contributed by atoms with Crippen molar-refractivity contribution >= 4 is 5.91 Å². The predicted octanol–water partition coefficient (Wildman–Crippen LogP) is 2.96. The maximum Gasteiger partial charge on any atom is 0.251 e. The minimum atomic E-state index is -0.220. The third kappa shape index (κ3) is 4.15. The molecule has 0 aliphatic heterocycles. The van der Waals surface area contributed by atoms with Crippen molar-refractivity contribution in [3.63, 3.8) is 0 Å². The molecule has 1 N–H and O–H groups in total. The molecule has 0 bridgehead atoms. The predicted molar refractivity (Wildman–Crippen MR) is 95.0 cm³/mol. The summed E-state index contributed by atoms with van der Waals surface area (Å²) >= 11 is 0. The number of aryl methyl sites for hydroxylation is 1. The van der Waals surface area contributed by atoms with Crippen LogP contribution in [-0.2, 0) is 6.54 Å². The second kappa shape index (κ2) is 8.28. The van der Waals surface area contributed by atoms with Crippen molar-refractivity contribution in [3.05, 3.63) is 47.0 Å². The number of rotatable bonds is 7. The Labute approximate surface area is 147 Å². The molecule has 0 atom stereocenters. The molecule has 6 nitrogen and oxygen atoms in total. The number of ether oxygens (including phenoxy) is 4. The van der Waals surface area contributed by atoms with E-state index < -0.39 is 0 Å². The van der Waals surface area contributed by atoms with Crippen LogP contribution in [0.3, 0.4) is 0 Å². The quantitative estimate of drug-likeness (QED) is 0.836. The normalized spacial score (nSPS) is 10.1. The highest BCUT2D eigenvalue weighted by atomic mass is 16.5. The molecule has 0 aromatic heterocycles. The van der Waals surface area contributed by atoms with Crippen molar-refractivity contribution in [1.82, 2.24) is 5.32 Å². The van der Waals surface area contributed by atoms with Gasteiger partial charge in [0.1, 0.15) is 11.5 Å². The zero-order valence-corrected chi connectivity index (χ0v) is 15.1. The summed E-state index contributed by atoms with van der Waals surface area (Å²) in [5.41, 5.74) is 2.28. The van der Waals surface area contributed by atoms with E-state index in [1.54, 1.807) is 39.5 Å². The van der Waals surface area contributed by atoms with Crippen LogP contribution in [0.5, 0.6) is 23.0 Å². The van der Waals surface area contributed by atoms with E-state index in [0.29, 0.717) is 29.4 Å². The molecule has 0 spiro atoms. The standard InChI is InChI=1S/C19H23NO5/c1-12-8-17(24-4)14(10-16(12)23-3)11-20-19(21)13-6-7-15(22-2)18(9-13)25-5/h6-10H,11H2,1-5H3,(H,20,21). The van der Waals surface area contributed by atoms with Gasteiger partial charge in [0, 0.05) is 17.7 Å². The molecular weight excluding hydrogens is 322 g/mol. The lowest BCUT2D eigenvalue weighted by Crippen LogP contribution is -2.23. The molecule has 0 aliphatic carbocycles. The van der Waals surface area contributed by atoms with Crippen LogP contribution < -0.4 is 24.3 Å². The van der Waals surface area contributed by atoms with Gasteiger partial charge in [-0.25, -0.2) is 0 Å². The summed E-state index contributed by atoms with van der Waals surface area (Å²) in [6.45, 7) is 2.25. The minimum Gasteiger partial charge on any atom is -0.496 e. The minimum absolute atomic E-state index is 0.220. The fourth-order valence-corrected chi connectivity index (χ4v) is 2.51. The van der Waals surface area contributed by atoms with E-state index in [1.165, 1.54) is 7.11 Å². The number of hydrogen-bond donors (Lipinski definition) is 1. The number of carbonyl (C=O) groups excluding carboxylic acids is 1. The first-order valence-electron chi connectivity index (χ1n) is 7.75. The lowest BCUT2D eigenvalue weighted by Gasteiger charge is -2.14. The number of carbonyl (C=O) groups is 1. The monoisotopic (exact) mass is 345 g/mol. The van der Waals surface area contributed by atoms with Gasteiger partial charge in [-0.15, -0.1) is 0 Å². The highest BCUT2D eigenvalue weighted by molar-refractivity contribution is 5.94. The summed E-state index contributed by atoms with van der Waals surface area (Å²) in [6, 6.07) is 8.77. The van der Waals surface area contributed by atoms with Crippen LogP contribution in [-0.4, -0.2) is 34.3 Å². The van der Waals surface area contributed by atoms with E-state index in [-0.39, 0.29) is 5.91 Å². The Kier molecular flexibility index (Phi) is 6.11. The van der Waals surface area contributed by atoms with Crippen LogP contribution in [0.15, 0.2) is 30.3 Å². The van der Waals surface area contributed by atoms with Gasteiger partial charge >= 0.3 is 0 Å². The molecule has 0 unspecified atom stereocenters. The molecular formula is C19H23NO5. The van der Waals surface area contributed by atoms with Crippen LogP contribution >= 0.6 is 0 Å². The Morgan fingerprint density at radius 3 is 2.08 bits per heavy atom. The Morgan fingerprint density at radius 1 is 0.840 bits per heavy atom. The topological polar surface area (TPSA) is 66.0 Å². The van der Waals surface area contributed by atoms with E-state index in [9.17, 15) is 4.79 Å². The van der Waals surface area contributed by atoms with Gasteiger partial charge in [0.15, 0.2) is 11.5 Å². The maximum atomic E-state index is 12.4. The Balaban J connectivity index is 2.17. The van der Waals surface area contributed by atoms with E-state index in [2.05, 4.69) is 5.32 Å². The van der Waals surface area contributed by atoms with Crippen LogP contribution in [0.2, 0.25) is 0 Å². The van der Waals surface area contributed by atoms with Crippen LogP contribution in [0.1, 0.15) is 21.5 Å². The van der Waals surface area contributed by atoms with E-state index in [1.807, 2.05) is 19.1 Å². The fraction of sp³-hybridized carbons (Fsp3) is 0.316. The van der Waals surface area contributed by atoms with Crippen molar-refractivity contribution in [2.45, 2.75) is 13.5 Å². The van der Waals surface area contributed by atoms with Gasteiger partial charge in [0.25, 0.3) is 5.91 Å². The molecule has 2 rings (SSSR count). The SMILES string of the molecule is COc1cc(CNC(=O)c2ccc(OC)c(OC)c2)c(OC)cc1C. The van der Waals surface area contributed by atoms with Crippen molar-refractivity contribution in [3.8, 4) is 23.0 Å². The second-order valence-electron chi connectivity index (χ2n) is 5.39. The fourth-order valence-electron chi connectivity index (χ4n) is 2.51. The summed E-state index contributed by atoms with van der Waals surface area (Å²) in [7, 11) is 6.29. The van der Waals surface area contributed by atoms with Crippen molar-refractivity contribution in [2.24, 2.45) is 0 Å². The smallest absolute Gasteiger partial charge is 0.251 e. The van der Waals surface area contributed by atoms with Gasteiger partial charge in [-0.1, -0.05) is 0 Å². The molecule has 1 amide bonds. The van der Waals surface area contributed by atoms with Gasteiger partial charge in [-0.2, -0.15) is 0 Å². The molecule has 0 saturated carbocycles. The van der Waals surface area contributed by atoms with Crippen molar-refractivity contribution in [1.29, 1.82) is 0 Å². The Bertz CT molecular complexity index is 758. The number of amides is 1. The first kappa shape index (κ1) is 18.4. The van der Waals surface area contributed by atoms with E-state index >= 15 is 0 Å².